The third-order valence-electron chi connectivity index (χ3n) is 3.50. The van der Waals surface area contributed by atoms with Gasteiger partial charge in [-0.15, -0.1) is 0 Å². The number of fused-ring (bicyclic) bond motifs is 1. The van der Waals surface area contributed by atoms with Crippen molar-refractivity contribution in [3.05, 3.63) is 58.1 Å². The van der Waals surface area contributed by atoms with E-state index in [1.165, 1.54) is 0 Å². The van der Waals surface area contributed by atoms with Crippen LogP contribution in [-0.4, -0.2) is 17.7 Å². The van der Waals surface area contributed by atoms with Gasteiger partial charge in [0.15, 0.2) is 0 Å². The normalized spacial score (nSPS) is 15.8. The lowest BCUT2D eigenvalue weighted by Crippen LogP contribution is -2.35. The molecule has 1 aliphatic rings. The molecular weight excluding hydrogens is 319 g/mol. The van der Waals surface area contributed by atoms with Crippen LogP contribution < -0.4 is 4.90 Å². The lowest BCUT2D eigenvalue weighted by molar-refractivity contribution is -0.112. The molecule has 1 heterocycles. The second kappa shape index (κ2) is 5.75. The highest BCUT2D eigenvalue weighted by Crippen LogP contribution is 2.33. The summed E-state index contributed by atoms with van der Waals surface area (Å²) in [7, 11) is 0. The van der Waals surface area contributed by atoms with Crippen LogP contribution in [-0.2, 0) is 4.79 Å². The summed E-state index contributed by atoms with van der Waals surface area (Å²) in [6, 6.07) is 12.8. The first kappa shape index (κ1) is 15.1. The molecule has 0 spiro atoms. The number of anilines is 1. The van der Waals surface area contributed by atoms with Crippen molar-refractivity contribution >= 4 is 46.2 Å². The first-order chi connectivity index (χ1) is 10.5. The van der Waals surface area contributed by atoms with E-state index in [0.717, 1.165) is 11.3 Å². The van der Waals surface area contributed by atoms with Gasteiger partial charge < -0.3 is 4.90 Å². The van der Waals surface area contributed by atoms with Crippen molar-refractivity contribution in [3.63, 3.8) is 0 Å². The SMILES string of the molecule is CC(C)N1C(=O)C(=Nc2ccc(Cl)c(Cl)c2)c2ccccc21. The fraction of sp³-hybridized carbons (Fsp3) is 0.176. The maximum atomic E-state index is 12.7. The lowest BCUT2D eigenvalue weighted by Gasteiger charge is -2.20. The van der Waals surface area contributed by atoms with Crippen LogP contribution in [0.25, 0.3) is 0 Å². The number of carbonyl (C=O) groups is 1. The third-order valence-corrected chi connectivity index (χ3v) is 4.24. The summed E-state index contributed by atoms with van der Waals surface area (Å²) in [4.78, 5) is 18.9. The van der Waals surface area contributed by atoms with Crippen LogP contribution in [0.2, 0.25) is 10.0 Å². The van der Waals surface area contributed by atoms with E-state index in [-0.39, 0.29) is 11.9 Å². The van der Waals surface area contributed by atoms with Crippen molar-refractivity contribution in [2.24, 2.45) is 4.99 Å². The van der Waals surface area contributed by atoms with E-state index in [9.17, 15) is 4.79 Å². The van der Waals surface area contributed by atoms with Crippen molar-refractivity contribution in [2.45, 2.75) is 19.9 Å². The largest absolute Gasteiger partial charge is 0.304 e. The van der Waals surface area contributed by atoms with E-state index >= 15 is 0 Å². The van der Waals surface area contributed by atoms with Crippen LogP contribution in [0, 0.1) is 0 Å². The Labute approximate surface area is 139 Å². The van der Waals surface area contributed by atoms with Crippen LogP contribution in [0.3, 0.4) is 0 Å². The smallest absolute Gasteiger partial charge is 0.277 e. The zero-order chi connectivity index (χ0) is 15.9. The van der Waals surface area contributed by atoms with Gasteiger partial charge in [-0.2, -0.15) is 0 Å². The zero-order valence-corrected chi connectivity index (χ0v) is 13.7. The lowest BCUT2D eigenvalue weighted by atomic mass is 10.1. The molecule has 0 bridgehead atoms. The van der Waals surface area contributed by atoms with Gasteiger partial charge in [0, 0.05) is 11.6 Å². The summed E-state index contributed by atoms with van der Waals surface area (Å²) in [5, 5.41) is 0.885. The van der Waals surface area contributed by atoms with Gasteiger partial charge in [-0.25, -0.2) is 4.99 Å². The van der Waals surface area contributed by atoms with Crippen LogP contribution >= 0.6 is 23.2 Å². The van der Waals surface area contributed by atoms with Gasteiger partial charge in [-0.3, -0.25) is 4.79 Å². The number of hydrogen-bond acceptors (Lipinski definition) is 2. The second-order valence-electron chi connectivity index (χ2n) is 5.34. The van der Waals surface area contributed by atoms with Gasteiger partial charge >= 0.3 is 0 Å². The molecule has 2 aromatic carbocycles. The molecule has 0 fully saturated rings. The van der Waals surface area contributed by atoms with Crippen LogP contribution in [0.15, 0.2) is 47.5 Å². The summed E-state index contributed by atoms with van der Waals surface area (Å²) in [5.41, 5.74) is 2.77. The van der Waals surface area contributed by atoms with E-state index in [1.807, 2.05) is 38.1 Å². The first-order valence-corrected chi connectivity index (χ1v) is 7.71. The number of hydrogen-bond donors (Lipinski definition) is 0. The standard InChI is InChI=1S/C17H14Cl2N2O/c1-10(2)21-15-6-4-3-5-12(15)16(17(21)22)20-11-7-8-13(18)14(19)9-11/h3-10H,1-2H3. The molecule has 3 nitrogen and oxygen atoms in total. The number of nitrogens with zero attached hydrogens (tertiary/aromatic N) is 2. The van der Waals surface area contributed by atoms with E-state index < -0.39 is 0 Å². The minimum atomic E-state index is -0.0951. The minimum Gasteiger partial charge on any atom is -0.304 e. The fourth-order valence-corrected chi connectivity index (χ4v) is 2.82. The molecule has 112 valence electrons. The second-order valence-corrected chi connectivity index (χ2v) is 6.16. The summed E-state index contributed by atoms with van der Waals surface area (Å²) in [6.45, 7) is 3.97. The summed E-state index contributed by atoms with van der Waals surface area (Å²) < 4.78 is 0. The van der Waals surface area contributed by atoms with Gasteiger partial charge in [0.25, 0.3) is 5.91 Å². The molecule has 3 rings (SSSR count). The number of aliphatic imine (C=N–C) groups is 1. The van der Waals surface area contributed by atoms with E-state index in [2.05, 4.69) is 4.99 Å². The molecule has 0 aliphatic carbocycles. The summed E-state index contributed by atoms with van der Waals surface area (Å²) in [5.74, 6) is -0.0951. The van der Waals surface area contributed by atoms with Gasteiger partial charge in [0.1, 0.15) is 5.71 Å². The average Bonchev–Trinajstić information content (AvgIpc) is 2.76. The van der Waals surface area contributed by atoms with Crippen molar-refractivity contribution < 1.29 is 4.79 Å². The highest BCUT2D eigenvalue weighted by molar-refractivity contribution is 6.54. The minimum absolute atomic E-state index is 0.0650. The Balaban J connectivity index is 2.12. The molecule has 5 heteroatoms. The number of benzene rings is 2. The number of halogens is 2. The van der Waals surface area contributed by atoms with Crippen molar-refractivity contribution in [1.82, 2.24) is 0 Å². The quantitative estimate of drug-likeness (QED) is 0.772. The van der Waals surface area contributed by atoms with Gasteiger partial charge in [-0.1, -0.05) is 41.4 Å². The zero-order valence-electron chi connectivity index (χ0n) is 12.2. The van der Waals surface area contributed by atoms with E-state index in [1.54, 1.807) is 23.1 Å². The molecule has 0 N–H and O–H groups in total. The molecule has 1 amide bonds. The molecular formula is C17H14Cl2N2O. The maximum Gasteiger partial charge on any atom is 0.277 e. The molecule has 0 aromatic heterocycles. The Morgan fingerprint density at radius 1 is 1.05 bits per heavy atom. The van der Waals surface area contributed by atoms with Crippen LogP contribution in [0.5, 0.6) is 0 Å². The van der Waals surface area contributed by atoms with Gasteiger partial charge in [0.2, 0.25) is 0 Å². The number of amides is 1. The fourth-order valence-electron chi connectivity index (χ4n) is 2.53. The summed E-state index contributed by atoms with van der Waals surface area (Å²) in [6.07, 6.45) is 0. The van der Waals surface area contributed by atoms with Crippen molar-refractivity contribution in [2.75, 3.05) is 4.90 Å². The predicted molar refractivity (Wildman–Crippen MR) is 91.7 cm³/mol. The van der Waals surface area contributed by atoms with Crippen LogP contribution in [0.1, 0.15) is 19.4 Å². The Hall–Kier alpha value is -1.84. The first-order valence-electron chi connectivity index (χ1n) is 6.95. The van der Waals surface area contributed by atoms with Crippen molar-refractivity contribution in [1.29, 1.82) is 0 Å². The Bertz CT molecular complexity index is 784. The highest BCUT2D eigenvalue weighted by Gasteiger charge is 2.35. The Morgan fingerprint density at radius 3 is 2.45 bits per heavy atom. The molecule has 22 heavy (non-hydrogen) atoms. The van der Waals surface area contributed by atoms with E-state index in [4.69, 9.17) is 23.2 Å². The number of carbonyl (C=O) groups excluding carboxylic acids is 1. The molecule has 1 aliphatic heterocycles. The Morgan fingerprint density at radius 2 is 1.77 bits per heavy atom. The molecule has 0 radical (unpaired) electrons. The molecule has 2 aromatic rings. The molecule has 0 atom stereocenters. The predicted octanol–water partition coefficient (Wildman–Crippen LogP) is 4.87. The van der Waals surface area contributed by atoms with Gasteiger partial charge in [-0.05, 0) is 38.1 Å². The van der Waals surface area contributed by atoms with Gasteiger partial charge in [0.05, 0.1) is 21.4 Å². The molecule has 0 saturated carbocycles. The number of para-hydroxylation sites is 1. The Kier molecular flexibility index (Phi) is 3.94. The van der Waals surface area contributed by atoms with Crippen molar-refractivity contribution in [3.8, 4) is 0 Å². The molecule has 0 saturated heterocycles. The van der Waals surface area contributed by atoms with Crippen LogP contribution in [0.4, 0.5) is 11.4 Å². The topological polar surface area (TPSA) is 32.7 Å². The van der Waals surface area contributed by atoms with E-state index in [0.29, 0.717) is 21.4 Å². The highest BCUT2D eigenvalue weighted by atomic mass is 35.5. The number of rotatable bonds is 2. The maximum absolute atomic E-state index is 12.7. The average molecular weight is 333 g/mol. The third kappa shape index (κ3) is 2.51. The molecule has 0 unspecified atom stereocenters. The summed E-state index contributed by atoms with van der Waals surface area (Å²) >= 11 is 11.9. The monoisotopic (exact) mass is 332 g/mol.